The van der Waals surface area contributed by atoms with Crippen molar-refractivity contribution in [2.24, 2.45) is 0 Å². The number of nitrogens with zero attached hydrogens (tertiary/aromatic N) is 4. The number of anilines is 1. The number of aromatic nitrogens is 3. The van der Waals surface area contributed by atoms with Gasteiger partial charge in [0.15, 0.2) is 11.0 Å². The summed E-state index contributed by atoms with van der Waals surface area (Å²) in [4.78, 5) is 27.6. The van der Waals surface area contributed by atoms with Crippen LogP contribution in [0.15, 0.2) is 47.6 Å². The predicted molar refractivity (Wildman–Crippen MR) is 136 cm³/mol. The summed E-state index contributed by atoms with van der Waals surface area (Å²) >= 11 is 13.3. The van der Waals surface area contributed by atoms with Crippen LogP contribution in [0.2, 0.25) is 10.0 Å². The maximum atomic E-state index is 13.2. The van der Waals surface area contributed by atoms with Crippen molar-refractivity contribution in [1.29, 1.82) is 0 Å². The number of hydrogen-bond donors (Lipinski definition) is 1. The number of carbonyl (C=O) groups excluding carboxylic acids is 2. The molecule has 0 saturated carbocycles. The lowest BCUT2D eigenvalue weighted by atomic mass is 10.1. The van der Waals surface area contributed by atoms with E-state index >= 15 is 0 Å². The third-order valence-corrected chi connectivity index (χ3v) is 7.02. The molecule has 1 atom stereocenters. The summed E-state index contributed by atoms with van der Waals surface area (Å²) in [6.07, 6.45) is 1.74. The molecule has 1 N–H and O–H groups in total. The molecule has 10 heteroatoms. The highest BCUT2D eigenvalue weighted by atomic mass is 35.5. The number of thioether (sulfide) groups is 1. The molecule has 2 heterocycles. The van der Waals surface area contributed by atoms with Crippen LogP contribution in [0.25, 0.3) is 0 Å². The highest BCUT2D eigenvalue weighted by molar-refractivity contribution is 7.99. The fourth-order valence-corrected chi connectivity index (χ4v) is 5.46. The first-order chi connectivity index (χ1) is 16.4. The standard InChI is InChI=1S/C24H25Cl2N5O2S/c1-3-30-22(20-8-5-9-31(20)23(33)16-7-4-6-15(2)10-16)28-29-24(30)34-14-21(32)27-19-12-17(25)11-18(26)13-19/h4,6-7,10-13,20H,3,5,8-9,14H2,1-2H3,(H,27,32). The number of hydrogen-bond acceptors (Lipinski definition) is 5. The van der Waals surface area contributed by atoms with Gasteiger partial charge in [-0.2, -0.15) is 0 Å². The van der Waals surface area contributed by atoms with Crippen molar-refractivity contribution in [3.8, 4) is 0 Å². The number of rotatable bonds is 7. The van der Waals surface area contributed by atoms with Crippen molar-refractivity contribution in [2.45, 2.75) is 44.4 Å². The zero-order chi connectivity index (χ0) is 24.2. The molecule has 7 nitrogen and oxygen atoms in total. The van der Waals surface area contributed by atoms with Crippen LogP contribution in [0.3, 0.4) is 0 Å². The Balaban J connectivity index is 1.46. The lowest BCUT2D eigenvalue weighted by molar-refractivity contribution is -0.113. The third kappa shape index (κ3) is 5.56. The molecule has 2 amide bonds. The molecule has 1 aromatic heterocycles. The van der Waals surface area contributed by atoms with E-state index in [-0.39, 0.29) is 23.6 Å². The van der Waals surface area contributed by atoms with Crippen molar-refractivity contribution in [3.63, 3.8) is 0 Å². The first kappa shape index (κ1) is 24.6. The van der Waals surface area contributed by atoms with Crippen LogP contribution in [-0.2, 0) is 11.3 Å². The van der Waals surface area contributed by atoms with Crippen LogP contribution in [0.5, 0.6) is 0 Å². The number of nitrogens with one attached hydrogen (secondary N) is 1. The fraction of sp³-hybridized carbons (Fsp3) is 0.333. The smallest absolute Gasteiger partial charge is 0.254 e. The van der Waals surface area contributed by atoms with Gasteiger partial charge in [0.05, 0.1) is 11.8 Å². The van der Waals surface area contributed by atoms with Crippen LogP contribution in [-0.4, -0.2) is 43.8 Å². The fourth-order valence-electron chi connectivity index (χ4n) is 4.13. The van der Waals surface area contributed by atoms with Crippen molar-refractivity contribution in [1.82, 2.24) is 19.7 Å². The lowest BCUT2D eigenvalue weighted by Gasteiger charge is -2.24. The number of benzene rings is 2. The minimum Gasteiger partial charge on any atom is -0.328 e. The monoisotopic (exact) mass is 517 g/mol. The van der Waals surface area contributed by atoms with E-state index in [4.69, 9.17) is 23.2 Å². The Labute approximate surface area is 212 Å². The maximum Gasteiger partial charge on any atom is 0.254 e. The average molecular weight is 518 g/mol. The molecular weight excluding hydrogens is 493 g/mol. The number of halogens is 2. The van der Waals surface area contributed by atoms with Crippen LogP contribution < -0.4 is 5.32 Å². The predicted octanol–water partition coefficient (Wildman–Crippen LogP) is 5.62. The van der Waals surface area contributed by atoms with Crippen LogP contribution >= 0.6 is 35.0 Å². The Bertz CT molecular complexity index is 1200. The molecule has 1 unspecified atom stereocenters. The van der Waals surface area contributed by atoms with E-state index in [2.05, 4.69) is 15.5 Å². The average Bonchev–Trinajstić information content (AvgIpc) is 3.43. The molecule has 0 radical (unpaired) electrons. The molecule has 1 aliphatic rings. The second-order valence-electron chi connectivity index (χ2n) is 8.11. The molecule has 4 rings (SSSR count). The van der Waals surface area contributed by atoms with Gasteiger partial charge in [-0.15, -0.1) is 10.2 Å². The molecule has 1 fully saturated rings. The Morgan fingerprint density at radius 1 is 1.15 bits per heavy atom. The highest BCUT2D eigenvalue weighted by Crippen LogP contribution is 2.34. The van der Waals surface area contributed by atoms with Gasteiger partial charge in [0.1, 0.15) is 0 Å². The molecule has 2 aromatic carbocycles. The van der Waals surface area contributed by atoms with E-state index in [9.17, 15) is 9.59 Å². The van der Waals surface area contributed by atoms with Gasteiger partial charge in [-0.05, 0) is 57.0 Å². The van der Waals surface area contributed by atoms with Crippen LogP contribution in [0, 0.1) is 6.92 Å². The van der Waals surface area contributed by atoms with E-state index in [0.717, 1.165) is 24.2 Å². The summed E-state index contributed by atoms with van der Waals surface area (Å²) in [5.41, 5.74) is 2.27. The van der Waals surface area contributed by atoms with E-state index in [1.165, 1.54) is 11.8 Å². The molecule has 0 spiro atoms. The van der Waals surface area contributed by atoms with Gasteiger partial charge in [0.2, 0.25) is 5.91 Å². The zero-order valence-corrected chi connectivity index (χ0v) is 21.3. The number of aryl methyl sites for hydroxylation is 1. The maximum absolute atomic E-state index is 13.2. The number of carbonyl (C=O) groups is 2. The molecule has 1 saturated heterocycles. The SMILES string of the molecule is CCn1c(SCC(=O)Nc2cc(Cl)cc(Cl)c2)nnc1C1CCCN1C(=O)c1cccc(C)c1. The highest BCUT2D eigenvalue weighted by Gasteiger charge is 2.34. The van der Waals surface area contributed by atoms with Gasteiger partial charge >= 0.3 is 0 Å². The van der Waals surface area contributed by atoms with Crippen molar-refractivity contribution < 1.29 is 9.59 Å². The van der Waals surface area contributed by atoms with E-state index in [0.29, 0.717) is 39.5 Å². The van der Waals surface area contributed by atoms with Crippen molar-refractivity contribution in [3.05, 3.63) is 69.5 Å². The summed E-state index contributed by atoms with van der Waals surface area (Å²) in [5, 5.41) is 13.1. The lowest BCUT2D eigenvalue weighted by Crippen LogP contribution is -2.32. The Morgan fingerprint density at radius 3 is 2.62 bits per heavy atom. The molecule has 178 valence electrons. The molecule has 3 aromatic rings. The first-order valence-electron chi connectivity index (χ1n) is 11.0. The van der Waals surface area contributed by atoms with Gasteiger partial charge in [-0.1, -0.05) is 52.7 Å². The van der Waals surface area contributed by atoms with Gasteiger partial charge in [-0.25, -0.2) is 0 Å². The van der Waals surface area contributed by atoms with Gasteiger partial charge in [-0.3, -0.25) is 9.59 Å². The van der Waals surface area contributed by atoms with E-state index < -0.39 is 0 Å². The quantitative estimate of drug-likeness (QED) is 0.411. The first-order valence-corrected chi connectivity index (χ1v) is 12.8. The molecule has 34 heavy (non-hydrogen) atoms. The molecule has 0 bridgehead atoms. The largest absolute Gasteiger partial charge is 0.328 e. The van der Waals surface area contributed by atoms with Crippen molar-refractivity contribution >= 4 is 52.5 Å². The van der Waals surface area contributed by atoms with Gasteiger partial charge < -0.3 is 14.8 Å². The Hall–Kier alpha value is -2.55. The molecular formula is C24H25Cl2N5O2S. The topological polar surface area (TPSA) is 80.1 Å². The summed E-state index contributed by atoms with van der Waals surface area (Å²) in [5.74, 6) is 0.711. The number of likely N-dealkylation sites (tertiary alicyclic amines) is 1. The third-order valence-electron chi connectivity index (χ3n) is 5.62. The van der Waals surface area contributed by atoms with E-state index in [1.54, 1.807) is 18.2 Å². The van der Waals surface area contributed by atoms with Crippen molar-refractivity contribution in [2.75, 3.05) is 17.6 Å². The zero-order valence-electron chi connectivity index (χ0n) is 18.9. The van der Waals surface area contributed by atoms with Gasteiger partial charge in [0.25, 0.3) is 5.91 Å². The summed E-state index contributed by atoms with van der Waals surface area (Å²) < 4.78 is 1.99. The molecule has 1 aliphatic heterocycles. The van der Waals surface area contributed by atoms with Crippen LogP contribution in [0.1, 0.15) is 47.6 Å². The van der Waals surface area contributed by atoms with Gasteiger partial charge in [0, 0.05) is 34.4 Å². The second kappa shape index (κ2) is 10.8. The number of amides is 2. The Morgan fingerprint density at radius 2 is 1.91 bits per heavy atom. The normalized spacial score (nSPS) is 15.5. The summed E-state index contributed by atoms with van der Waals surface area (Å²) in [6.45, 7) is 5.31. The van der Waals surface area contributed by atoms with Crippen LogP contribution in [0.4, 0.5) is 5.69 Å². The second-order valence-corrected chi connectivity index (χ2v) is 9.92. The minimum absolute atomic E-state index is 0.00520. The summed E-state index contributed by atoms with van der Waals surface area (Å²) in [7, 11) is 0. The Kier molecular flexibility index (Phi) is 7.80. The molecule has 0 aliphatic carbocycles. The summed E-state index contributed by atoms with van der Waals surface area (Å²) in [6, 6.07) is 12.4. The van der Waals surface area contributed by atoms with E-state index in [1.807, 2.05) is 47.6 Å². The minimum atomic E-state index is -0.201.